The minimum absolute atomic E-state index is 0.137. The van der Waals surface area contributed by atoms with Gasteiger partial charge < -0.3 is 14.2 Å². The van der Waals surface area contributed by atoms with Crippen LogP contribution in [0.15, 0.2) is 49.1 Å². The molecule has 0 bridgehead atoms. The minimum atomic E-state index is -1.08. The van der Waals surface area contributed by atoms with Crippen LogP contribution in [0.1, 0.15) is 23.2 Å². The van der Waals surface area contributed by atoms with E-state index in [1.54, 1.807) is 30.3 Å². The van der Waals surface area contributed by atoms with E-state index in [2.05, 4.69) is 6.58 Å². The van der Waals surface area contributed by atoms with Crippen molar-refractivity contribution in [2.24, 2.45) is 0 Å². The highest BCUT2D eigenvalue weighted by Gasteiger charge is 2.39. The van der Waals surface area contributed by atoms with Crippen LogP contribution in [0.2, 0.25) is 0 Å². The fourth-order valence-electron chi connectivity index (χ4n) is 2.93. The summed E-state index contributed by atoms with van der Waals surface area (Å²) < 4.78 is 15.7. The van der Waals surface area contributed by atoms with Crippen molar-refractivity contribution in [1.29, 1.82) is 0 Å². The number of carbonyl (C=O) groups excluding carboxylic acids is 4. The summed E-state index contributed by atoms with van der Waals surface area (Å²) in [7, 11) is 1.36. The van der Waals surface area contributed by atoms with Gasteiger partial charge in [-0.2, -0.15) is 0 Å². The van der Waals surface area contributed by atoms with E-state index in [0.29, 0.717) is 18.8 Å². The van der Waals surface area contributed by atoms with E-state index in [0.717, 1.165) is 21.7 Å². The maximum absolute atomic E-state index is 12.4. The van der Waals surface area contributed by atoms with Gasteiger partial charge in [-0.1, -0.05) is 18.7 Å². The second-order valence-corrected chi connectivity index (χ2v) is 6.69. The van der Waals surface area contributed by atoms with Gasteiger partial charge in [0.15, 0.2) is 6.10 Å². The molecule has 0 radical (unpaired) electrons. The number of rotatable bonds is 8. The van der Waals surface area contributed by atoms with Crippen molar-refractivity contribution in [3.05, 3.63) is 54.6 Å². The van der Waals surface area contributed by atoms with Crippen LogP contribution in [0, 0.1) is 0 Å². The van der Waals surface area contributed by atoms with Crippen LogP contribution < -0.4 is 4.74 Å². The molecule has 0 aliphatic carbocycles. The Labute approximate surface area is 173 Å². The van der Waals surface area contributed by atoms with Crippen LogP contribution >= 0.6 is 0 Å². The van der Waals surface area contributed by atoms with Crippen molar-refractivity contribution in [2.75, 3.05) is 20.3 Å². The number of benzene rings is 2. The molecule has 1 saturated heterocycles. The first-order valence-electron chi connectivity index (χ1n) is 9.36. The molecular formula is C22H21NO7. The zero-order chi connectivity index (χ0) is 21.7. The Morgan fingerprint density at radius 1 is 1.13 bits per heavy atom. The highest BCUT2D eigenvalue weighted by Crippen LogP contribution is 2.23. The van der Waals surface area contributed by atoms with Gasteiger partial charge in [-0.25, -0.2) is 9.59 Å². The average molecular weight is 411 g/mol. The van der Waals surface area contributed by atoms with Gasteiger partial charge in [0.1, 0.15) is 5.75 Å². The average Bonchev–Trinajstić information content (AvgIpc) is 2.99. The Hall–Kier alpha value is -3.68. The first-order chi connectivity index (χ1) is 14.4. The molecule has 0 N–H and O–H groups in total. The van der Waals surface area contributed by atoms with E-state index in [4.69, 9.17) is 14.2 Å². The Bertz CT molecular complexity index is 1010. The smallest absolute Gasteiger partial charge is 0.338 e. The van der Waals surface area contributed by atoms with Gasteiger partial charge in [0.25, 0.3) is 5.91 Å². The van der Waals surface area contributed by atoms with Crippen molar-refractivity contribution >= 4 is 34.5 Å². The maximum atomic E-state index is 12.4. The molecule has 1 aliphatic rings. The summed E-state index contributed by atoms with van der Waals surface area (Å²) in [5.74, 6) is -1.37. The van der Waals surface area contributed by atoms with E-state index in [-0.39, 0.29) is 24.5 Å². The largest absolute Gasteiger partial charge is 0.493 e. The molecule has 3 rings (SSSR count). The normalized spacial score (nSPS) is 15.9. The van der Waals surface area contributed by atoms with E-state index >= 15 is 0 Å². The molecule has 0 aromatic heterocycles. The van der Waals surface area contributed by atoms with E-state index in [9.17, 15) is 19.2 Å². The monoisotopic (exact) mass is 411 g/mol. The standard InChI is InChI=1S/C22H21NO7/c1-3-20(25)29-10-4-9-28-17-8-7-14-11-16(6-5-15(14)12-17)22(27)30-18-13-19(24)23(2)21(18)26/h3,5-8,11-12,18H,1,4,9-10,13H2,2H3. The van der Waals surface area contributed by atoms with Gasteiger partial charge in [0, 0.05) is 19.5 Å². The maximum Gasteiger partial charge on any atom is 0.338 e. The van der Waals surface area contributed by atoms with Gasteiger partial charge in [-0.3, -0.25) is 14.5 Å². The van der Waals surface area contributed by atoms with Crippen LogP contribution in [0.25, 0.3) is 10.8 Å². The third-order valence-corrected chi connectivity index (χ3v) is 4.61. The zero-order valence-corrected chi connectivity index (χ0v) is 16.5. The molecule has 2 aromatic carbocycles. The summed E-state index contributed by atoms with van der Waals surface area (Å²) >= 11 is 0. The third-order valence-electron chi connectivity index (χ3n) is 4.61. The topological polar surface area (TPSA) is 99.2 Å². The van der Waals surface area contributed by atoms with E-state index in [1.165, 1.54) is 7.05 Å². The molecule has 2 aromatic rings. The second kappa shape index (κ2) is 9.21. The first-order valence-corrected chi connectivity index (χ1v) is 9.36. The molecule has 1 atom stereocenters. The number of likely N-dealkylation sites (N-methyl/N-ethyl adjacent to an activating group) is 1. The molecule has 0 saturated carbocycles. The molecular weight excluding hydrogens is 390 g/mol. The number of imide groups is 1. The van der Waals surface area contributed by atoms with Crippen LogP contribution in [0.5, 0.6) is 5.75 Å². The van der Waals surface area contributed by atoms with Crippen LogP contribution in [-0.4, -0.2) is 55.0 Å². The fraction of sp³-hybridized carbons (Fsp3) is 0.273. The number of fused-ring (bicyclic) bond motifs is 1. The Kier molecular flexibility index (Phi) is 6.46. The van der Waals surface area contributed by atoms with Gasteiger partial charge in [0.2, 0.25) is 5.91 Å². The summed E-state index contributed by atoms with van der Waals surface area (Å²) in [6.45, 7) is 3.95. The lowest BCUT2D eigenvalue weighted by atomic mass is 10.1. The fourth-order valence-corrected chi connectivity index (χ4v) is 2.93. The molecule has 1 fully saturated rings. The van der Waals surface area contributed by atoms with Gasteiger partial charge in [-0.05, 0) is 35.0 Å². The lowest BCUT2D eigenvalue weighted by Crippen LogP contribution is -2.30. The summed E-state index contributed by atoms with van der Waals surface area (Å²) in [6, 6.07) is 10.4. The first kappa shape index (κ1) is 21.0. The number of carbonyl (C=O) groups is 4. The summed E-state index contributed by atoms with van der Waals surface area (Å²) in [5, 5.41) is 1.65. The second-order valence-electron chi connectivity index (χ2n) is 6.69. The number of nitrogens with zero attached hydrogens (tertiary/aromatic N) is 1. The molecule has 1 unspecified atom stereocenters. The Morgan fingerprint density at radius 3 is 2.57 bits per heavy atom. The summed E-state index contributed by atoms with van der Waals surface area (Å²) in [5.41, 5.74) is 0.287. The van der Waals surface area contributed by atoms with Crippen LogP contribution in [0.4, 0.5) is 0 Å². The molecule has 0 spiro atoms. The quantitative estimate of drug-likeness (QED) is 0.284. The molecule has 8 nitrogen and oxygen atoms in total. The lowest BCUT2D eigenvalue weighted by Gasteiger charge is -2.11. The van der Waals surface area contributed by atoms with E-state index < -0.39 is 23.9 Å². The summed E-state index contributed by atoms with van der Waals surface area (Å²) in [6.07, 6.45) is 0.437. The predicted molar refractivity (Wildman–Crippen MR) is 107 cm³/mol. The van der Waals surface area contributed by atoms with Crippen LogP contribution in [-0.2, 0) is 23.9 Å². The number of hydrogen-bond acceptors (Lipinski definition) is 7. The minimum Gasteiger partial charge on any atom is -0.493 e. The Balaban J connectivity index is 1.59. The van der Waals surface area contributed by atoms with Gasteiger partial charge in [-0.15, -0.1) is 0 Å². The molecule has 30 heavy (non-hydrogen) atoms. The van der Waals surface area contributed by atoms with Crippen LogP contribution in [0.3, 0.4) is 0 Å². The highest BCUT2D eigenvalue weighted by molar-refractivity contribution is 6.06. The number of likely N-dealkylation sites (tertiary alicyclic amines) is 1. The predicted octanol–water partition coefficient (Wildman–Crippen LogP) is 2.25. The van der Waals surface area contributed by atoms with Gasteiger partial charge in [0.05, 0.1) is 25.2 Å². The Morgan fingerprint density at radius 2 is 1.87 bits per heavy atom. The molecule has 8 heteroatoms. The molecule has 1 heterocycles. The van der Waals surface area contributed by atoms with Crippen molar-refractivity contribution in [2.45, 2.75) is 18.9 Å². The summed E-state index contributed by atoms with van der Waals surface area (Å²) in [4.78, 5) is 47.7. The number of esters is 2. The third kappa shape index (κ3) is 4.83. The van der Waals surface area contributed by atoms with Crippen molar-refractivity contribution < 1.29 is 33.4 Å². The molecule has 156 valence electrons. The molecule has 2 amide bonds. The lowest BCUT2D eigenvalue weighted by molar-refractivity contribution is -0.139. The van der Waals surface area contributed by atoms with Crippen molar-refractivity contribution in [1.82, 2.24) is 4.90 Å². The van der Waals surface area contributed by atoms with Crippen molar-refractivity contribution in [3.8, 4) is 5.75 Å². The van der Waals surface area contributed by atoms with E-state index in [1.807, 2.05) is 6.07 Å². The SMILES string of the molecule is C=CC(=O)OCCCOc1ccc2cc(C(=O)OC3CC(=O)N(C)C3=O)ccc2c1. The number of amides is 2. The number of hydrogen-bond donors (Lipinski definition) is 0. The van der Waals surface area contributed by atoms with Gasteiger partial charge >= 0.3 is 11.9 Å². The molecule has 1 aliphatic heterocycles. The number of ether oxygens (including phenoxy) is 3. The highest BCUT2D eigenvalue weighted by atomic mass is 16.6. The van der Waals surface area contributed by atoms with Crippen molar-refractivity contribution in [3.63, 3.8) is 0 Å². The zero-order valence-electron chi connectivity index (χ0n) is 16.5.